The van der Waals surface area contributed by atoms with Gasteiger partial charge in [0.1, 0.15) is 18.4 Å². The molecular weight excluding hydrogens is 371 g/mol. The number of rotatable bonds is 5. The van der Waals surface area contributed by atoms with Gasteiger partial charge in [-0.1, -0.05) is 0 Å². The molecule has 0 saturated carbocycles. The summed E-state index contributed by atoms with van der Waals surface area (Å²) in [6, 6.07) is 4.11. The van der Waals surface area contributed by atoms with Crippen LogP contribution >= 0.6 is 0 Å². The van der Waals surface area contributed by atoms with Crippen molar-refractivity contribution in [2.24, 2.45) is 0 Å². The van der Waals surface area contributed by atoms with Crippen LogP contribution in [0, 0.1) is 11.3 Å². The van der Waals surface area contributed by atoms with Gasteiger partial charge < -0.3 is 18.8 Å². The molecule has 154 valence electrons. The van der Waals surface area contributed by atoms with Crippen molar-refractivity contribution in [1.29, 1.82) is 5.26 Å². The number of aromatic nitrogens is 2. The standard InChI is InChI=1S/C20H27BN4O4/c1-19(2)20(3,4)29-21(28-19)17-11-16(14-25-18(17)15(12-22)13-23-25)27-10-7-24-5-8-26-9-6-24/h11,13-14H,5-10H2,1-4H3. The number of hydrogen-bond acceptors (Lipinski definition) is 7. The van der Waals surface area contributed by atoms with E-state index >= 15 is 0 Å². The molecule has 0 aliphatic carbocycles. The van der Waals surface area contributed by atoms with Gasteiger partial charge in [0, 0.05) is 25.1 Å². The molecule has 9 heteroatoms. The van der Waals surface area contributed by atoms with Crippen LogP contribution in [0.15, 0.2) is 18.5 Å². The second-order valence-corrected chi connectivity index (χ2v) is 8.49. The first-order chi connectivity index (χ1) is 13.8. The molecule has 2 aliphatic rings. The number of fused-ring (bicyclic) bond motifs is 1. The first-order valence-electron chi connectivity index (χ1n) is 10.0. The molecule has 0 aromatic carbocycles. The molecule has 29 heavy (non-hydrogen) atoms. The Morgan fingerprint density at radius 3 is 2.55 bits per heavy atom. The van der Waals surface area contributed by atoms with Crippen molar-refractivity contribution in [3.05, 3.63) is 24.0 Å². The van der Waals surface area contributed by atoms with Gasteiger partial charge in [0.15, 0.2) is 0 Å². The summed E-state index contributed by atoms with van der Waals surface area (Å²) in [7, 11) is -0.603. The highest BCUT2D eigenvalue weighted by atomic mass is 16.7. The van der Waals surface area contributed by atoms with E-state index in [2.05, 4.69) is 16.1 Å². The molecule has 0 unspecified atom stereocenters. The molecule has 2 aliphatic heterocycles. The summed E-state index contributed by atoms with van der Waals surface area (Å²) in [6.45, 7) is 12.8. The van der Waals surface area contributed by atoms with Crippen LogP contribution in [0.2, 0.25) is 0 Å². The SMILES string of the molecule is CC1(C)OB(c2cc(OCCN3CCOCC3)cn3ncc(C#N)c23)OC1(C)C. The molecule has 0 radical (unpaired) electrons. The summed E-state index contributed by atoms with van der Waals surface area (Å²) >= 11 is 0. The largest absolute Gasteiger partial charge is 0.497 e. The van der Waals surface area contributed by atoms with Gasteiger partial charge in [0.05, 0.1) is 47.9 Å². The minimum atomic E-state index is -0.603. The average Bonchev–Trinajstić information content (AvgIpc) is 3.19. The molecule has 0 spiro atoms. The zero-order chi connectivity index (χ0) is 20.6. The summed E-state index contributed by atoms with van der Waals surface area (Å²) in [6.07, 6.45) is 3.35. The lowest BCUT2D eigenvalue weighted by atomic mass is 9.78. The lowest BCUT2D eigenvalue weighted by Gasteiger charge is -2.32. The Balaban J connectivity index is 1.60. The van der Waals surface area contributed by atoms with Gasteiger partial charge in [0.25, 0.3) is 0 Å². The number of ether oxygens (including phenoxy) is 2. The summed E-state index contributed by atoms with van der Waals surface area (Å²) < 4.78 is 25.5. The quantitative estimate of drug-likeness (QED) is 0.701. The second kappa shape index (κ2) is 7.61. The molecule has 2 fully saturated rings. The molecule has 0 atom stereocenters. The van der Waals surface area contributed by atoms with Crippen molar-refractivity contribution in [3.63, 3.8) is 0 Å². The van der Waals surface area contributed by atoms with Crippen LogP contribution in [0.1, 0.15) is 33.3 Å². The fourth-order valence-corrected chi connectivity index (χ4v) is 3.56. The maximum atomic E-state index is 9.52. The number of morpholine rings is 1. The van der Waals surface area contributed by atoms with E-state index in [1.54, 1.807) is 16.9 Å². The maximum absolute atomic E-state index is 9.52. The van der Waals surface area contributed by atoms with Crippen LogP contribution in [0.5, 0.6) is 5.75 Å². The van der Waals surface area contributed by atoms with Crippen molar-refractivity contribution < 1.29 is 18.8 Å². The molecule has 4 heterocycles. The van der Waals surface area contributed by atoms with Crippen LogP contribution in [0.4, 0.5) is 0 Å². The second-order valence-electron chi connectivity index (χ2n) is 8.49. The molecule has 8 nitrogen and oxygen atoms in total. The predicted molar refractivity (Wildman–Crippen MR) is 108 cm³/mol. The van der Waals surface area contributed by atoms with Gasteiger partial charge >= 0.3 is 7.12 Å². The van der Waals surface area contributed by atoms with E-state index in [4.69, 9.17) is 18.8 Å². The Morgan fingerprint density at radius 1 is 1.21 bits per heavy atom. The monoisotopic (exact) mass is 398 g/mol. The molecule has 2 saturated heterocycles. The Labute approximate surface area is 171 Å². The third kappa shape index (κ3) is 3.86. The van der Waals surface area contributed by atoms with E-state index in [-0.39, 0.29) is 0 Å². The van der Waals surface area contributed by atoms with Crippen LogP contribution in [0.3, 0.4) is 0 Å². The van der Waals surface area contributed by atoms with Crippen molar-refractivity contribution in [3.8, 4) is 11.8 Å². The van der Waals surface area contributed by atoms with Crippen LogP contribution < -0.4 is 10.2 Å². The minimum absolute atomic E-state index is 0.478. The van der Waals surface area contributed by atoms with Crippen molar-refractivity contribution in [1.82, 2.24) is 14.5 Å². The molecule has 2 aromatic heterocycles. The molecular formula is C20H27BN4O4. The van der Waals surface area contributed by atoms with E-state index < -0.39 is 18.3 Å². The highest BCUT2D eigenvalue weighted by Crippen LogP contribution is 2.37. The van der Waals surface area contributed by atoms with E-state index in [0.717, 1.165) is 38.3 Å². The number of hydrogen-bond donors (Lipinski definition) is 0. The van der Waals surface area contributed by atoms with Gasteiger partial charge in [-0.2, -0.15) is 10.4 Å². The first-order valence-corrected chi connectivity index (χ1v) is 10.0. The lowest BCUT2D eigenvalue weighted by molar-refractivity contribution is 0.00578. The summed E-state index contributed by atoms with van der Waals surface area (Å²) in [5.41, 5.74) is 0.964. The number of nitrogens with zero attached hydrogens (tertiary/aromatic N) is 4. The van der Waals surface area contributed by atoms with Crippen LogP contribution in [-0.2, 0) is 14.0 Å². The third-order valence-corrected chi connectivity index (χ3v) is 6.02. The average molecular weight is 398 g/mol. The van der Waals surface area contributed by atoms with Crippen molar-refractivity contribution in [2.45, 2.75) is 38.9 Å². The van der Waals surface area contributed by atoms with Crippen LogP contribution in [0.25, 0.3) is 5.52 Å². The molecule has 0 N–H and O–H groups in total. The Kier molecular flexibility index (Phi) is 5.30. The van der Waals surface area contributed by atoms with Crippen molar-refractivity contribution >= 4 is 18.1 Å². The van der Waals surface area contributed by atoms with E-state index in [9.17, 15) is 5.26 Å². The molecule has 4 rings (SSSR count). The normalized spacial score (nSPS) is 21.4. The fraction of sp³-hybridized carbons (Fsp3) is 0.600. The molecule has 0 bridgehead atoms. The highest BCUT2D eigenvalue weighted by Gasteiger charge is 2.52. The maximum Gasteiger partial charge on any atom is 0.497 e. The fourth-order valence-electron chi connectivity index (χ4n) is 3.56. The van der Waals surface area contributed by atoms with E-state index in [0.29, 0.717) is 23.4 Å². The van der Waals surface area contributed by atoms with Gasteiger partial charge in [-0.05, 0) is 33.8 Å². The topological polar surface area (TPSA) is 81.3 Å². The molecule has 0 amide bonds. The Bertz CT molecular complexity index is 914. The minimum Gasteiger partial charge on any atom is -0.491 e. The highest BCUT2D eigenvalue weighted by molar-refractivity contribution is 6.64. The third-order valence-electron chi connectivity index (χ3n) is 6.02. The van der Waals surface area contributed by atoms with Gasteiger partial charge in [-0.25, -0.2) is 4.52 Å². The summed E-state index contributed by atoms with van der Waals surface area (Å²) in [4.78, 5) is 2.32. The van der Waals surface area contributed by atoms with E-state index in [1.807, 2.05) is 33.8 Å². The number of nitriles is 1. The Hall–Kier alpha value is -2.12. The zero-order valence-corrected chi connectivity index (χ0v) is 17.5. The summed E-state index contributed by atoms with van der Waals surface area (Å²) in [5, 5.41) is 13.8. The first kappa shape index (κ1) is 20.2. The smallest absolute Gasteiger partial charge is 0.491 e. The van der Waals surface area contributed by atoms with E-state index in [1.165, 1.54) is 0 Å². The van der Waals surface area contributed by atoms with Gasteiger partial charge in [-0.15, -0.1) is 0 Å². The van der Waals surface area contributed by atoms with Gasteiger partial charge in [0.2, 0.25) is 0 Å². The molecule has 2 aromatic rings. The van der Waals surface area contributed by atoms with Crippen LogP contribution in [-0.4, -0.2) is 72.3 Å². The van der Waals surface area contributed by atoms with Gasteiger partial charge in [-0.3, -0.25) is 4.90 Å². The van der Waals surface area contributed by atoms with Crippen molar-refractivity contribution in [2.75, 3.05) is 39.5 Å². The lowest BCUT2D eigenvalue weighted by Crippen LogP contribution is -2.41. The number of pyridine rings is 1. The Morgan fingerprint density at radius 2 is 1.90 bits per heavy atom. The summed E-state index contributed by atoms with van der Waals surface area (Å²) in [5.74, 6) is 0.670. The predicted octanol–water partition coefficient (Wildman–Crippen LogP) is 1.22. The zero-order valence-electron chi connectivity index (χ0n) is 17.5.